The van der Waals surface area contributed by atoms with Crippen LogP contribution in [0.2, 0.25) is 5.04 Å². The lowest BCUT2D eigenvalue weighted by atomic mass is 10.0. The van der Waals surface area contributed by atoms with E-state index in [2.05, 4.69) is 81.4 Å². The maximum absolute atomic E-state index is 12.8. The molecule has 1 aliphatic rings. The van der Waals surface area contributed by atoms with E-state index in [1.807, 2.05) is 34.6 Å². The van der Waals surface area contributed by atoms with Gasteiger partial charge in [-0.15, -0.1) is 0 Å². The van der Waals surface area contributed by atoms with Gasteiger partial charge in [-0.1, -0.05) is 81.4 Å². The first-order valence-corrected chi connectivity index (χ1v) is 17.0. The number of rotatable bonds is 12. The first-order valence-electron chi connectivity index (χ1n) is 15.1. The van der Waals surface area contributed by atoms with Gasteiger partial charge in [0.15, 0.2) is 0 Å². The molecule has 6 nitrogen and oxygen atoms in total. The molecular weight excluding hydrogens is 530 g/mol. The van der Waals surface area contributed by atoms with Crippen LogP contribution < -0.4 is 10.4 Å². The van der Waals surface area contributed by atoms with E-state index in [0.29, 0.717) is 32.5 Å². The van der Waals surface area contributed by atoms with Gasteiger partial charge in [-0.2, -0.15) is 0 Å². The first kappa shape index (κ1) is 33.0. The average Bonchev–Trinajstić information content (AvgIpc) is 3.19. The fraction of sp³-hybridized carbons (Fsp3) is 0.588. The standard InChI is InChI=1S/C34H51NO5Si/c1-32(2,3)40-31(37)35-27(26-38-34(35,7)8)18-17-20-28(36)19-15-16-25-39-41(33(4,5)6,29-21-11-9-12-22-29)30-23-13-10-14-24-30/h9-14,21-24,27H,15-20,25-26H2,1-8H3/t27-/m0/s1. The summed E-state index contributed by atoms with van der Waals surface area (Å²) >= 11 is 0. The number of ether oxygens (including phenoxy) is 2. The highest BCUT2D eigenvalue weighted by Crippen LogP contribution is 2.37. The number of nitrogens with zero attached hydrogens (tertiary/aromatic N) is 1. The zero-order valence-electron chi connectivity index (χ0n) is 26.5. The minimum absolute atomic E-state index is 0.0583. The van der Waals surface area contributed by atoms with Crippen LogP contribution in [0.15, 0.2) is 60.7 Å². The number of hydrogen-bond acceptors (Lipinski definition) is 5. The second-order valence-electron chi connectivity index (χ2n) is 13.7. The summed E-state index contributed by atoms with van der Waals surface area (Å²) in [6.45, 7) is 17.3. The number of benzene rings is 2. The molecule has 0 aliphatic carbocycles. The third kappa shape index (κ3) is 8.52. The van der Waals surface area contributed by atoms with Crippen LogP contribution in [0.25, 0.3) is 0 Å². The van der Waals surface area contributed by atoms with E-state index >= 15 is 0 Å². The quantitative estimate of drug-likeness (QED) is 0.203. The number of amides is 1. The van der Waals surface area contributed by atoms with E-state index < -0.39 is 19.6 Å². The highest BCUT2D eigenvalue weighted by Gasteiger charge is 2.50. The van der Waals surface area contributed by atoms with Crippen LogP contribution in [-0.4, -0.2) is 55.7 Å². The molecule has 1 atom stereocenters. The van der Waals surface area contributed by atoms with Crippen molar-refractivity contribution in [2.24, 2.45) is 0 Å². The van der Waals surface area contributed by atoms with Crippen LogP contribution >= 0.6 is 0 Å². The molecule has 2 aromatic carbocycles. The van der Waals surface area contributed by atoms with Crippen molar-refractivity contribution >= 4 is 30.6 Å². The normalized spacial score (nSPS) is 17.5. The molecule has 0 N–H and O–H groups in total. The molecule has 2 aromatic rings. The van der Waals surface area contributed by atoms with Crippen molar-refractivity contribution in [2.45, 2.75) is 116 Å². The van der Waals surface area contributed by atoms with Crippen molar-refractivity contribution in [3.63, 3.8) is 0 Å². The summed E-state index contributed by atoms with van der Waals surface area (Å²) in [7, 11) is -2.54. The van der Waals surface area contributed by atoms with E-state index in [-0.39, 0.29) is 23.0 Å². The number of Topliss-reactive ketones (excluding diaryl/α,β-unsaturated/α-hetero) is 1. The molecule has 7 heteroatoms. The predicted molar refractivity (Wildman–Crippen MR) is 168 cm³/mol. The predicted octanol–water partition coefficient (Wildman–Crippen LogP) is 6.84. The topological polar surface area (TPSA) is 65.1 Å². The highest BCUT2D eigenvalue weighted by molar-refractivity contribution is 6.99. The molecular formula is C34H51NO5Si. The van der Waals surface area contributed by atoms with Crippen LogP contribution in [0.5, 0.6) is 0 Å². The lowest BCUT2D eigenvalue weighted by Gasteiger charge is -2.43. The maximum atomic E-state index is 12.8. The lowest BCUT2D eigenvalue weighted by Crippen LogP contribution is -2.66. The van der Waals surface area contributed by atoms with Crippen molar-refractivity contribution in [1.82, 2.24) is 4.90 Å². The summed E-state index contributed by atoms with van der Waals surface area (Å²) in [6, 6.07) is 21.2. The van der Waals surface area contributed by atoms with E-state index in [1.165, 1.54) is 10.4 Å². The summed E-state index contributed by atoms with van der Waals surface area (Å²) < 4.78 is 18.5. The van der Waals surface area contributed by atoms with Crippen LogP contribution in [0.4, 0.5) is 4.79 Å². The van der Waals surface area contributed by atoms with E-state index in [1.54, 1.807) is 4.90 Å². The largest absolute Gasteiger partial charge is 0.444 e. The third-order valence-corrected chi connectivity index (χ3v) is 12.8. The Kier molecular flexibility index (Phi) is 11.0. The second-order valence-corrected chi connectivity index (χ2v) is 18.0. The van der Waals surface area contributed by atoms with E-state index in [9.17, 15) is 9.59 Å². The van der Waals surface area contributed by atoms with Gasteiger partial charge >= 0.3 is 6.09 Å². The molecule has 0 radical (unpaired) electrons. The molecule has 1 aliphatic heterocycles. The van der Waals surface area contributed by atoms with E-state index in [0.717, 1.165) is 19.3 Å². The molecule has 1 fully saturated rings. The smallest absolute Gasteiger partial charge is 0.412 e. The Bertz CT molecular complexity index is 1080. The Morgan fingerprint density at radius 2 is 1.41 bits per heavy atom. The van der Waals surface area contributed by atoms with Gasteiger partial charge in [0.05, 0.1) is 12.6 Å². The Labute approximate surface area is 248 Å². The van der Waals surface area contributed by atoms with Gasteiger partial charge in [-0.3, -0.25) is 9.69 Å². The van der Waals surface area contributed by atoms with Gasteiger partial charge in [-0.05, 0) is 75.7 Å². The monoisotopic (exact) mass is 581 g/mol. The molecule has 0 unspecified atom stereocenters. The van der Waals surface area contributed by atoms with Crippen molar-refractivity contribution in [1.29, 1.82) is 0 Å². The first-order chi connectivity index (χ1) is 19.2. The van der Waals surface area contributed by atoms with Crippen molar-refractivity contribution in [3.8, 4) is 0 Å². The summed E-state index contributed by atoms with van der Waals surface area (Å²) in [5, 5.41) is 2.49. The summed E-state index contributed by atoms with van der Waals surface area (Å²) in [6.07, 6.45) is 3.78. The van der Waals surface area contributed by atoms with Gasteiger partial charge in [-0.25, -0.2) is 4.79 Å². The van der Waals surface area contributed by atoms with Crippen molar-refractivity contribution in [2.75, 3.05) is 13.2 Å². The molecule has 1 amide bonds. The highest BCUT2D eigenvalue weighted by atomic mass is 28.4. The minimum Gasteiger partial charge on any atom is -0.444 e. The second kappa shape index (κ2) is 13.7. The Morgan fingerprint density at radius 3 is 1.93 bits per heavy atom. The fourth-order valence-electron chi connectivity index (χ4n) is 5.85. The van der Waals surface area contributed by atoms with Crippen LogP contribution in [0.3, 0.4) is 0 Å². The molecule has 0 spiro atoms. The number of ketones is 1. The zero-order chi connectivity index (χ0) is 30.3. The Balaban J connectivity index is 1.51. The number of carbonyl (C=O) groups excluding carboxylic acids is 2. The Hall–Kier alpha value is -2.48. The summed E-state index contributed by atoms with van der Waals surface area (Å²) in [5.74, 6) is 0.262. The van der Waals surface area contributed by atoms with Gasteiger partial charge < -0.3 is 13.9 Å². The minimum atomic E-state index is -2.54. The summed E-state index contributed by atoms with van der Waals surface area (Å²) in [4.78, 5) is 27.3. The molecule has 0 aromatic heterocycles. The zero-order valence-corrected chi connectivity index (χ0v) is 27.5. The third-order valence-electron chi connectivity index (χ3n) is 7.74. The number of unbranched alkanes of at least 4 members (excludes halogenated alkanes) is 1. The maximum Gasteiger partial charge on any atom is 0.412 e. The molecule has 1 heterocycles. The van der Waals surface area contributed by atoms with Crippen molar-refractivity contribution in [3.05, 3.63) is 60.7 Å². The number of carbonyl (C=O) groups is 2. The van der Waals surface area contributed by atoms with Crippen LogP contribution in [0, 0.1) is 0 Å². The van der Waals surface area contributed by atoms with Gasteiger partial charge in [0.1, 0.15) is 17.1 Å². The SMILES string of the molecule is CC(C)(C)OC(=O)N1[C@@H](CCCC(=O)CCCCO[Si](c2ccccc2)(c2ccccc2)C(C)(C)C)COC1(C)C. The lowest BCUT2D eigenvalue weighted by molar-refractivity contribution is -0.119. The molecule has 0 bridgehead atoms. The molecule has 41 heavy (non-hydrogen) atoms. The average molecular weight is 582 g/mol. The van der Waals surface area contributed by atoms with Crippen LogP contribution in [-0.2, 0) is 18.7 Å². The molecule has 0 saturated carbocycles. The van der Waals surface area contributed by atoms with Gasteiger partial charge in [0.2, 0.25) is 0 Å². The van der Waals surface area contributed by atoms with E-state index in [4.69, 9.17) is 13.9 Å². The van der Waals surface area contributed by atoms with Crippen molar-refractivity contribution < 1.29 is 23.5 Å². The molecule has 226 valence electrons. The molecule has 1 saturated heterocycles. The van der Waals surface area contributed by atoms with Crippen LogP contribution in [0.1, 0.15) is 93.9 Å². The van der Waals surface area contributed by atoms with Gasteiger partial charge in [0, 0.05) is 19.4 Å². The van der Waals surface area contributed by atoms with Gasteiger partial charge in [0.25, 0.3) is 8.32 Å². The Morgan fingerprint density at radius 1 is 0.878 bits per heavy atom. The fourth-order valence-corrected chi connectivity index (χ4v) is 10.5. The molecule has 3 rings (SSSR count). The number of hydrogen-bond donors (Lipinski definition) is 0. The summed E-state index contributed by atoms with van der Waals surface area (Å²) in [5.41, 5.74) is -1.29.